The lowest BCUT2D eigenvalue weighted by Gasteiger charge is -2.16. The van der Waals surface area contributed by atoms with Crippen molar-refractivity contribution in [3.05, 3.63) is 36.5 Å². The number of nitrogen functional groups attached to an aromatic ring is 1. The van der Waals surface area contributed by atoms with Crippen molar-refractivity contribution in [2.75, 3.05) is 12.5 Å². The van der Waals surface area contributed by atoms with E-state index >= 15 is 0 Å². The molecule has 2 aromatic rings. The number of H-pyrrole nitrogens is 1. The summed E-state index contributed by atoms with van der Waals surface area (Å²) >= 11 is 0. The normalized spacial score (nSPS) is 11.7. The second kappa shape index (κ2) is 5.34. The Labute approximate surface area is 110 Å². The molecule has 8 nitrogen and oxygen atoms in total. The summed E-state index contributed by atoms with van der Waals surface area (Å²) in [5.41, 5.74) is 2.31. The maximum atomic E-state index is 12.3. The first-order chi connectivity index (χ1) is 9.04. The predicted octanol–water partition coefficient (Wildman–Crippen LogP) is -0.0890. The van der Waals surface area contributed by atoms with Crippen LogP contribution < -0.4 is 11.3 Å². The summed E-state index contributed by atoms with van der Waals surface area (Å²) in [4.78, 5) is 10.8. The molecule has 0 radical (unpaired) electrons. The highest BCUT2D eigenvalue weighted by Crippen LogP contribution is 2.17. The third-order valence-corrected chi connectivity index (χ3v) is 4.31. The van der Waals surface area contributed by atoms with Gasteiger partial charge in [0, 0.05) is 31.7 Å². The molecule has 0 bridgehead atoms. The van der Waals surface area contributed by atoms with Crippen LogP contribution in [0.4, 0.5) is 5.82 Å². The van der Waals surface area contributed by atoms with E-state index in [1.807, 2.05) is 0 Å². The van der Waals surface area contributed by atoms with Gasteiger partial charge in [-0.2, -0.15) is 4.31 Å². The van der Waals surface area contributed by atoms with E-state index in [1.165, 1.54) is 29.7 Å². The fourth-order valence-corrected chi connectivity index (χ4v) is 2.66. The van der Waals surface area contributed by atoms with Crippen LogP contribution >= 0.6 is 0 Å². The van der Waals surface area contributed by atoms with Crippen LogP contribution in [-0.2, 0) is 16.6 Å². The molecule has 19 heavy (non-hydrogen) atoms. The Balaban J connectivity index is 2.25. The minimum atomic E-state index is -3.61. The van der Waals surface area contributed by atoms with Crippen molar-refractivity contribution >= 4 is 15.8 Å². The zero-order chi connectivity index (χ0) is 13.9. The molecule has 2 aromatic heterocycles. The largest absolute Gasteiger partial charge is 0.347 e. The van der Waals surface area contributed by atoms with Crippen LogP contribution in [0, 0.1) is 0 Å². The molecule has 0 aromatic carbocycles. The van der Waals surface area contributed by atoms with Crippen LogP contribution in [0.15, 0.2) is 35.6 Å². The second-order valence-corrected chi connectivity index (χ2v) is 5.86. The molecule has 0 fully saturated rings. The number of hydrazine groups is 1. The van der Waals surface area contributed by atoms with Gasteiger partial charge >= 0.3 is 0 Å². The molecule has 0 aliphatic rings. The van der Waals surface area contributed by atoms with Gasteiger partial charge in [0.2, 0.25) is 10.0 Å². The van der Waals surface area contributed by atoms with Crippen molar-refractivity contribution < 1.29 is 8.42 Å². The molecule has 0 saturated carbocycles. The number of pyridine rings is 1. The van der Waals surface area contributed by atoms with Crippen LogP contribution in [0.1, 0.15) is 5.82 Å². The second-order valence-electron chi connectivity index (χ2n) is 3.82. The van der Waals surface area contributed by atoms with Crippen LogP contribution in [0.25, 0.3) is 0 Å². The first-order valence-electron chi connectivity index (χ1n) is 5.41. The Bertz CT molecular complexity index is 640. The van der Waals surface area contributed by atoms with E-state index in [1.54, 1.807) is 12.4 Å². The summed E-state index contributed by atoms with van der Waals surface area (Å²) in [5.74, 6) is 6.06. The van der Waals surface area contributed by atoms with Crippen molar-refractivity contribution in [2.45, 2.75) is 11.4 Å². The van der Waals surface area contributed by atoms with Gasteiger partial charge in [0.1, 0.15) is 11.6 Å². The topological polar surface area (TPSA) is 117 Å². The van der Waals surface area contributed by atoms with Crippen LogP contribution in [0.3, 0.4) is 0 Å². The lowest BCUT2D eigenvalue weighted by Crippen LogP contribution is -2.27. The van der Waals surface area contributed by atoms with Crippen molar-refractivity contribution in [1.29, 1.82) is 0 Å². The summed E-state index contributed by atoms with van der Waals surface area (Å²) in [6.07, 6.45) is 4.58. The maximum absolute atomic E-state index is 12.3. The molecule has 0 saturated heterocycles. The number of nitrogens with two attached hydrogens (primary N) is 1. The van der Waals surface area contributed by atoms with Crippen LogP contribution in [0.2, 0.25) is 0 Å². The Morgan fingerprint density at radius 2 is 2.21 bits per heavy atom. The first-order valence-corrected chi connectivity index (χ1v) is 6.85. The summed E-state index contributed by atoms with van der Waals surface area (Å²) in [7, 11) is -2.13. The van der Waals surface area contributed by atoms with Gasteiger partial charge in [-0.3, -0.25) is 0 Å². The molecule has 0 aliphatic carbocycles. The van der Waals surface area contributed by atoms with E-state index in [9.17, 15) is 8.42 Å². The van der Waals surface area contributed by atoms with Gasteiger partial charge in [-0.15, -0.1) is 0 Å². The molecule has 9 heteroatoms. The zero-order valence-electron chi connectivity index (χ0n) is 10.2. The van der Waals surface area contributed by atoms with Gasteiger partial charge in [-0.25, -0.2) is 24.2 Å². The average Bonchev–Trinajstić information content (AvgIpc) is 2.91. The highest BCUT2D eigenvalue weighted by Gasteiger charge is 2.22. The van der Waals surface area contributed by atoms with E-state index in [-0.39, 0.29) is 17.3 Å². The lowest BCUT2D eigenvalue weighted by atomic mass is 10.5. The summed E-state index contributed by atoms with van der Waals surface area (Å²) < 4.78 is 25.8. The Kier molecular flexibility index (Phi) is 3.79. The third kappa shape index (κ3) is 2.89. The van der Waals surface area contributed by atoms with Gasteiger partial charge in [0.05, 0.1) is 11.4 Å². The van der Waals surface area contributed by atoms with Crippen molar-refractivity contribution in [3.63, 3.8) is 0 Å². The van der Waals surface area contributed by atoms with Gasteiger partial charge in [0.15, 0.2) is 0 Å². The number of nitrogens with zero attached hydrogens (tertiary/aromatic N) is 3. The van der Waals surface area contributed by atoms with Gasteiger partial charge < -0.3 is 10.4 Å². The Morgan fingerprint density at radius 3 is 2.84 bits per heavy atom. The van der Waals surface area contributed by atoms with E-state index in [0.29, 0.717) is 5.82 Å². The maximum Gasteiger partial charge on any atom is 0.243 e. The minimum absolute atomic E-state index is 0.115. The van der Waals surface area contributed by atoms with E-state index in [2.05, 4.69) is 20.4 Å². The SMILES string of the molecule is CN(Cc1ncc[nH]1)S(=O)(=O)c1ccnc(NN)c1. The molecule has 0 spiro atoms. The van der Waals surface area contributed by atoms with Crippen molar-refractivity contribution in [2.24, 2.45) is 5.84 Å². The summed E-state index contributed by atoms with van der Waals surface area (Å²) in [6.45, 7) is 0.156. The fraction of sp³-hybridized carbons (Fsp3) is 0.200. The number of hydrogen-bond acceptors (Lipinski definition) is 6. The lowest BCUT2D eigenvalue weighted by molar-refractivity contribution is 0.458. The minimum Gasteiger partial charge on any atom is -0.347 e. The highest BCUT2D eigenvalue weighted by atomic mass is 32.2. The monoisotopic (exact) mass is 282 g/mol. The molecular weight excluding hydrogens is 268 g/mol. The Hall–Kier alpha value is -1.97. The molecule has 0 aliphatic heterocycles. The molecule has 2 rings (SSSR count). The van der Waals surface area contributed by atoms with Gasteiger partial charge in [0.25, 0.3) is 0 Å². The van der Waals surface area contributed by atoms with Crippen molar-refractivity contribution in [3.8, 4) is 0 Å². The number of rotatable bonds is 5. The zero-order valence-corrected chi connectivity index (χ0v) is 11.1. The van der Waals surface area contributed by atoms with E-state index in [0.717, 1.165) is 0 Å². The molecule has 4 N–H and O–H groups in total. The quantitative estimate of drug-likeness (QED) is 0.521. The number of imidazole rings is 1. The molecule has 0 atom stereocenters. The number of anilines is 1. The third-order valence-electron chi connectivity index (χ3n) is 2.51. The molecule has 2 heterocycles. The smallest absolute Gasteiger partial charge is 0.243 e. The fourth-order valence-electron chi connectivity index (χ4n) is 1.51. The number of sulfonamides is 1. The highest BCUT2D eigenvalue weighted by molar-refractivity contribution is 7.89. The number of nitrogens with one attached hydrogen (secondary N) is 2. The van der Waals surface area contributed by atoms with Crippen LogP contribution in [0.5, 0.6) is 0 Å². The van der Waals surface area contributed by atoms with Gasteiger partial charge in [-0.1, -0.05) is 0 Å². The number of aromatic amines is 1. The number of hydrogen-bond donors (Lipinski definition) is 3. The predicted molar refractivity (Wildman–Crippen MR) is 69.3 cm³/mol. The molecule has 102 valence electrons. The first kappa shape index (κ1) is 13.5. The Morgan fingerprint density at radius 1 is 1.42 bits per heavy atom. The average molecular weight is 282 g/mol. The molecule has 0 amide bonds. The van der Waals surface area contributed by atoms with Crippen molar-refractivity contribution in [1.82, 2.24) is 19.3 Å². The van der Waals surface area contributed by atoms with E-state index in [4.69, 9.17) is 5.84 Å². The summed E-state index contributed by atoms with van der Waals surface area (Å²) in [6, 6.07) is 2.78. The molecule has 0 unspecified atom stereocenters. The van der Waals surface area contributed by atoms with Crippen LogP contribution in [-0.4, -0.2) is 34.7 Å². The summed E-state index contributed by atoms with van der Waals surface area (Å²) in [5, 5.41) is 0. The standard InChI is InChI=1S/C10H14N6O2S/c1-16(7-10-13-4-5-14-10)19(17,18)8-2-3-12-9(6-8)15-11/h2-6H,7,11H2,1H3,(H,12,15)(H,13,14). The van der Waals surface area contributed by atoms with E-state index < -0.39 is 10.0 Å². The number of aromatic nitrogens is 3. The molecular formula is C10H14N6O2S. The van der Waals surface area contributed by atoms with Gasteiger partial charge in [-0.05, 0) is 6.07 Å².